The van der Waals surface area contributed by atoms with E-state index in [2.05, 4.69) is 26.6 Å². The lowest BCUT2D eigenvalue weighted by Crippen LogP contribution is -2.62. The van der Waals surface area contributed by atoms with Gasteiger partial charge in [0.15, 0.2) is 6.17 Å². The molecule has 224 valence electrons. The summed E-state index contributed by atoms with van der Waals surface area (Å²) in [6.07, 6.45) is 0.0671. The van der Waals surface area contributed by atoms with Crippen molar-refractivity contribution in [2.75, 3.05) is 6.54 Å². The van der Waals surface area contributed by atoms with Gasteiger partial charge in [0.25, 0.3) is 5.91 Å². The highest BCUT2D eigenvalue weighted by Gasteiger charge is 2.40. The monoisotopic (exact) mass is 576 g/mol. The average molecular weight is 577 g/mol. The molecule has 2 fully saturated rings. The van der Waals surface area contributed by atoms with Crippen LogP contribution in [0.3, 0.4) is 0 Å². The van der Waals surface area contributed by atoms with Crippen molar-refractivity contribution in [1.29, 1.82) is 0 Å². The maximum Gasteiger partial charge on any atom is 0.260 e. The number of carbonyl (C=O) groups excluding carboxylic acids is 5. The summed E-state index contributed by atoms with van der Waals surface area (Å²) in [5.74, 6) is -2.87. The third-order valence-electron chi connectivity index (χ3n) is 7.64. The molecule has 0 aliphatic carbocycles. The third-order valence-corrected chi connectivity index (χ3v) is 7.64. The number of carbonyl (C=O) groups is 5. The first-order valence-electron chi connectivity index (χ1n) is 14.5. The molecule has 2 saturated heterocycles. The summed E-state index contributed by atoms with van der Waals surface area (Å²) in [4.78, 5) is 69.0. The van der Waals surface area contributed by atoms with Crippen LogP contribution in [0.4, 0.5) is 0 Å². The average Bonchev–Trinajstić information content (AvgIpc) is 3.47. The van der Waals surface area contributed by atoms with Crippen molar-refractivity contribution in [1.82, 2.24) is 31.5 Å². The normalized spacial score (nSPS) is 26.0. The van der Waals surface area contributed by atoms with E-state index in [1.165, 1.54) is 11.8 Å². The van der Waals surface area contributed by atoms with E-state index in [9.17, 15) is 24.0 Å². The summed E-state index contributed by atoms with van der Waals surface area (Å²) in [5.41, 5.74) is 1.73. The van der Waals surface area contributed by atoms with E-state index in [0.29, 0.717) is 19.4 Å². The summed E-state index contributed by atoms with van der Waals surface area (Å²) in [7, 11) is 0. The Hall–Kier alpha value is -4.25. The van der Waals surface area contributed by atoms with Gasteiger partial charge in [-0.2, -0.15) is 0 Å². The molecule has 2 heterocycles. The summed E-state index contributed by atoms with van der Waals surface area (Å²) in [6.45, 7) is 5.70. The smallest absolute Gasteiger partial charge is 0.260 e. The minimum absolute atomic E-state index is 0.198. The quantitative estimate of drug-likeness (QED) is 0.340. The topological polar surface area (TPSA) is 149 Å². The van der Waals surface area contributed by atoms with Crippen LogP contribution < -0.4 is 26.6 Å². The Bertz CT molecular complexity index is 1270. The zero-order chi connectivity index (χ0) is 30.2. The van der Waals surface area contributed by atoms with E-state index in [4.69, 9.17) is 0 Å². The fraction of sp³-hybridized carbons (Fsp3) is 0.452. The molecular formula is C31H40N6O5. The van der Waals surface area contributed by atoms with Gasteiger partial charge in [0.2, 0.25) is 23.6 Å². The second-order valence-electron chi connectivity index (χ2n) is 11.2. The molecule has 11 nitrogen and oxygen atoms in total. The van der Waals surface area contributed by atoms with Crippen molar-refractivity contribution in [3.05, 3.63) is 71.8 Å². The van der Waals surface area contributed by atoms with Crippen LogP contribution in [-0.4, -0.2) is 71.3 Å². The molecule has 0 spiro atoms. The van der Waals surface area contributed by atoms with E-state index in [0.717, 1.165) is 11.1 Å². The molecule has 0 bridgehead atoms. The van der Waals surface area contributed by atoms with Crippen LogP contribution >= 0.6 is 0 Å². The highest BCUT2D eigenvalue weighted by Crippen LogP contribution is 2.19. The standard InChI is InChI=1S/C31H40N6O5/c1-19(2)25-30(41)36-26(32-18-22-13-8-5-9-14-22)31(42)37-16-10-15-24(37)29(40)34-23(17-21-11-6-4-7-12-21)28(39)33-20(3)27(38)35-25/h4-9,11-14,19-20,23-26,32H,10,15-18H2,1-3H3,(H,33,39)(H,34,40)(H,35,38)(H,36,41)/t20-,23+,24+,25+,26+/m1/s1. The summed E-state index contributed by atoms with van der Waals surface area (Å²) >= 11 is 0. The molecule has 0 radical (unpaired) electrons. The van der Waals surface area contributed by atoms with Gasteiger partial charge in [0.05, 0.1) is 0 Å². The van der Waals surface area contributed by atoms with Gasteiger partial charge in [0.1, 0.15) is 24.2 Å². The van der Waals surface area contributed by atoms with Crippen molar-refractivity contribution in [3.8, 4) is 0 Å². The Balaban J connectivity index is 1.66. The summed E-state index contributed by atoms with van der Waals surface area (Å²) in [6, 6.07) is 14.9. The first kappa shape index (κ1) is 30.7. The molecular weight excluding hydrogens is 536 g/mol. The van der Waals surface area contributed by atoms with Gasteiger partial charge >= 0.3 is 0 Å². The number of nitrogens with zero attached hydrogens (tertiary/aromatic N) is 1. The Morgan fingerprint density at radius 2 is 1.43 bits per heavy atom. The van der Waals surface area contributed by atoms with E-state index < -0.39 is 59.9 Å². The molecule has 5 amide bonds. The minimum Gasteiger partial charge on any atom is -0.343 e. The maximum absolute atomic E-state index is 13.9. The molecule has 2 aliphatic heterocycles. The Labute approximate surface area is 246 Å². The molecule has 5 N–H and O–H groups in total. The van der Waals surface area contributed by atoms with Crippen LogP contribution in [0.25, 0.3) is 0 Å². The minimum atomic E-state index is -1.15. The number of nitrogens with one attached hydrogen (secondary N) is 5. The van der Waals surface area contributed by atoms with Gasteiger partial charge in [-0.1, -0.05) is 74.5 Å². The number of hydrogen-bond acceptors (Lipinski definition) is 6. The van der Waals surface area contributed by atoms with Crippen molar-refractivity contribution in [2.45, 2.75) is 76.9 Å². The van der Waals surface area contributed by atoms with E-state index in [1.54, 1.807) is 13.8 Å². The number of benzene rings is 2. The fourth-order valence-corrected chi connectivity index (χ4v) is 5.24. The summed E-state index contributed by atoms with van der Waals surface area (Å²) in [5, 5.41) is 14.2. The van der Waals surface area contributed by atoms with Crippen LogP contribution in [0.1, 0.15) is 44.7 Å². The number of hydrogen-bond donors (Lipinski definition) is 5. The van der Waals surface area contributed by atoms with Gasteiger partial charge in [-0.25, -0.2) is 0 Å². The van der Waals surface area contributed by atoms with Crippen molar-refractivity contribution < 1.29 is 24.0 Å². The molecule has 0 unspecified atom stereocenters. The first-order chi connectivity index (χ1) is 20.1. The SMILES string of the molecule is CC(C)[C@@H]1NC(=O)[C@@H](C)NC(=O)[C@H](Cc2ccccc2)NC(=O)[C@@H]2CCCN2C(=O)[C@@H](NCc2ccccc2)NC1=O. The second-order valence-corrected chi connectivity index (χ2v) is 11.2. The number of rotatable bonds is 6. The Morgan fingerprint density at radius 3 is 2.07 bits per heavy atom. The van der Waals surface area contributed by atoms with Gasteiger partial charge in [-0.3, -0.25) is 29.3 Å². The molecule has 2 aromatic carbocycles. The van der Waals surface area contributed by atoms with Crippen LogP contribution in [0.15, 0.2) is 60.7 Å². The molecule has 5 atom stereocenters. The lowest BCUT2D eigenvalue weighted by molar-refractivity contribution is -0.143. The predicted octanol–water partition coefficient (Wildman–Crippen LogP) is 0.596. The van der Waals surface area contributed by atoms with Crippen molar-refractivity contribution in [2.24, 2.45) is 5.92 Å². The molecule has 2 aromatic rings. The lowest BCUT2D eigenvalue weighted by atomic mass is 10.0. The van der Waals surface area contributed by atoms with Crippen LogP contribution in [0.2, 0.25) is 0 Å². The largest absolute Gasteiger partial charge is 0.343 e. The molecule has 0 aromatic heterocycles. The van der Waals surface area contributed by atoms with Crippen LogP contribution in [0, 0.1) is 5.92 Å². The van der Waals surface area contributed by atoms with Crippen molar-refractivity contribution >= 4 is 29.5 Å². The van der Waals surface area contributed by atoms with Crippen molar-refractivity contribution in [3.63, 3.8) is 0 Å². The van der Waals surface area contributed by atoms with E-state index in [1.807, 2.05) is 60.7 Å². The predicted molar refractivity (Wildman–Crippen MR) is 156 cm³/mol. The maximum atomic E-state index is 13.9. The highest BCUT2D eigenvalue weighted by atomic mass is 16.2. The zero-order valence-corrected chi connectivity index (χ0v) is 24.3. The van der Waals surface area contributed by atoms with Gasteiger partial charge in [0, 0.05) is 19.5 Å². The van der Waals surface area contributed by atoms with Gasteiger partial charge in [-0.15, -0.1) is 0 Å². The summed E-state index contributed by atoms with van der Waals surface area (Å²) < 4.78 is 0. The zero-order valence-electron chi connectivity index (χ0n) is 24.3. The molecule has 0 saturated carbocycles. The molecule has 11 heteroatoms. The van der Waals surface area contributed by atoms with Gasteiger partial charge < -0.3 is 26.2 Å². The number of amides is 5. The fourth-order valence-electron chi connectivity index (χ4n) is 5.24. The first-order valence-corrected chi connectivity index (χ1v) is 14.5. The number of fused-ring (bicyclic) bond motifs is 1. The highest BCUT2D eigenvalue weighted by molar-refractivity contribution is 5.98. The Morgan fingerprint density at radius 1 is 0.786 bits per heavy atom. The lowest BCUT2D eigenvalue weighted by Gasteiger charge is -2.31. The van der Waals surface area contributed by atoms with Crippen LogP contribution in [0.5, 0.6) is 0 Å². The molecule has 42 heavy (non-hydrogen) atoms. The second kappa shape index (κ2) is 14.1. The molecule has 4 rings (SSSR count). The van der Waals surface area contributed by atoms with Crippen LogP contribution in [-0.2, 0) is 36.9 Å². The molecule has 2 aliphatic rings. The van der Waals surface area contributed by atoms with E-state index >= 15 is 0 Å². The Kier molecular flexibility index (Phi) is 10.3. The van der Waals surface area contributed by atoms with E-state index in [-0.39, 0.29) is 18.9 Å². The van der Waals surface area contributed by atoms with Gasteiger partial charge in [-0.05, 0) is 36.8 Å². The third kappa shape index (κ3) is 7.73.